The highest BCUT2D eigenvalue weighted by molar-refractivity contribution is 5.57. The van der Waals surface area contributed by atoms with Crippen molar-refractivity contribution < 1.29 is 27.8 Å². The SMILES string of the molecule is Cc1c(NCC2(CO)COC2)cccc1OCC(F)(F)F. The topological polar surface area (TPSA) is 50.7 Å². The number of alkyl halides is 3. The largest absolute Gasteiger partial charge is 0.484 e. The Balaban J connectivity index is 2.00. The van der Waals surface area contributed by atoms with Crippen LogP contribution in [0.2, 0.25) is 0 Å². The average Bonchev–Trinajstić information content (AvgIpc) is 2.37. The fraction of sp³-hybridized carbons (Fsp3) is 0.571. The number of aliphatic hydroxyl groups is 1. The third-order valence-corrected chi connectivity index (χ3v) is 3.48. The first kappa shape index (κ1) is 15.9. The molecule has 4 nitrogen and oxygen atoms in total. The Morgan fingerprint density at radius 3 is 2.62 bits per heavy atom. The van der Waals surface area contributed by atoms with Gasteiger partial charge in [-0.05, 0) is 19.1 Å². The molecule has 0 amide bonds. The summed E-state index contributed by atoms with van der Waals surface area (Å²) in [5.41, 5.74) is 0.986. The van der Waals surface area contributed by atoms with Crippen molar-refractivity contribution in [1.29, 1.82) is 0 Å². The first-order chi connectivity index (χ1) is 9.85. The van der Waals surface area contributed by atoms with Gasteiger partial charge in [0.05, 0.1) is 25.2 Å². The van der Waals surface area contributed by atoms with E-state index in [2.05, 4.69) is 5.32 Å². The summed E-state index contributed by atoms with van der Waals surface area (Å²) in [5, 5.41) is 12.5. The zero-order valence-electron chi connectivity index (χ0n) is 11.7. The second-order valence-corrected chi connectivity index (χ2v) is 5.34. The van der Waals surface area contributed by atoms with Gasteiger partial charge in [0.2, 0.25) is 0 Å². The van der Waals surface area contributed by atoms with Crippen LogP contribution in [0.15, 0.2) is 18.2 Å². The van der Waals surface area contributed by atoms with E-state index >= 15 is 0 Å². The minimum absolute atomic E-state index is 0.00329. The molecule has 0 unspecified atom stereocenters. The molecule has 1 aromatic carbocycles. The Morgan fingerprint density at radius 2 is 2.10 bits per heavy atom. The standard InChI is InChI=1S/C14H18F3NO3/c1-10-11(18-5-13(6-19)7-20-8-13)3-2-4-12(10)21-9-14(15,16)17/h2-4,18-19H,5-9H2,1H3. The molecule has 21 heavy (non-hydrogen) atoms. The molecule has 0 atom stereocenters. The predicted octanol–water partition coefficient (Wildman–Crippen LogP) is 2.36. The van der Waals surface area contributed by atoms with Gasteiger partial charge in [0.25, 0.3) is 0 Å². The highest BCUT2D eigenvalue weighted by atomic mass is 19.4. The summed E-state index contributed by atoms with van der Waals surface area (Å²) in [6.45, 7) is 1.82. The van der Waals surface area contributed by atoms with Crippen molar-refractivity contribution in [2.75, 3.05) is 38.3 Å². The number of halogens is 3. The summed E-state index contributed by atoms with van der Waals surface area (Å²) >= 11 is 0. The quantitative estimate of drug-likeness (QED) is 0.847. The Bertz CT molecular complexity index is 481. The summed E-state index contributed by atoms with van der Waals surface area (Å²) < 4.78 is 46.5. The number of nitrogens with one attached hydrogen (secondary N) is 1. The maximum Gasteiger partial charge on any atom is 0.422 e. The lowest BCUT2D eigenvalue weighted by Crippen LogP contribution is -2.50. The summed E-state index contributed by atoms with van der Waals surface area (Å²) in [4.78, 5) is 0. The molecule has 0 aliphatic carbocycles. The molecular formula is C14H18F3NO3. The lowest BCUT2D eigenvalue weighted by atomic mass is 9.87. The molecule has 7 heteroatoms. The van der Waals surface area contributed by atoms with E-state index in [1.54, 1.807) is 19.1 Å². The Labute approximate surface area is 120 Å². The molecule has 1 aromatic rings. The number of aliphatic hydroxyl groups excluding tert-OH is 1. The van der Waals surface area contributed by atoms with Gasteiger partial charge in [0.1, 0.15) is 5.75 Å². The van der Waals surface area contributed by atoms with Crippen LogP contribution in [0.25, 0.3) is 0 Å². The van der Waals surface area contributed by atoms with Gasteiger partial charge < -0.3 is 19.9 Å². The highest BCUT2D eigenvalue weighted by Gasteiger charge is 2.38. The first-order valence-electron chi connectivity index (χ1n) is 6.57. The fourth-order valence-electron chi connectivity index (χ4n) is 2.04. The first-order valence-corrected chi connectivity index (χ1v) is 6.57. The van der Waals surface area contributed by atoms with Crippen LogP contribution in [0, 0.1) is 12.3 Å². The van der Waals surface area contributed by atoms with Crippen molar-refractivity contribution in [2.45, 2.75) is 13.1 Å². The van der Waals surface area contributed by atoms with Gasteiger partial charge in [-0.1, -0.05) is 6.07 Å². The van der Waals surface area contributed by atoms with Crippen molar-refractivity contribution in [3.63, 3.8) is 0 Å². The summed E-state index contributed by atoms with van der Waals surface area (Å²) in [5.74, 6) is 0.195. The lowest BCUT2D eigenvalue weighted by Gasteiger charge is -2.40. The van der Waals surface area contributed by atoms with Crippen LogP contribution in [0.1, 0.15) is 5.56 Å². The van der Waals surface area contributed by atoms with Crippen LogP contribution < -0.4 is 10.1 Å². The average molecular weight is 305 g/mol. The number of ether oxygens (including phenoxy) is 2. The minimum Gasteiger partial charge on any atom is -0.484 e. The van der Waals surface area contributed by atoms with E-state index in [-0.39, 0.29) is 17.8 Å². The van der Waals surface area contributed by atoms with Gasteiger partial charge in [-0.2, -0.15) is 13.2 Å². The second kappa shape index (κ2) is 6.11. The molecule has 0 aromatic heterocycles. The van der Waals surface area contributed by atoms with Crippen molar-refractivity contribution in [3.8, 4) is 5.75 Å². The van der Waals surface area contributed by atoms with Gasteiger partial charge in [-0.15, -0.1) is 0 Å². The maximum atomic E-state index is 12.2. The van der Waals surface area contributed by atoms with Gasteiger partial charge in [0.15, 0.2) is 6.61 Å². The number of rotatable bonds is 6. The Morgan fingerprint density at radius 1 is 1.38 bits per heavy atom. The molecule has 2 rings (SSSR count). The van der Waals surface area contributed by atoms with Crippen molar-refractivity contribution >= 4 is 5.69 Å². The van der Waals surface area contributed by atoms with Crippen molar-refractivity contribution in [2.24, 2.45) is 5.41 Å². The third-order valence-electron chi connectivity index (χ3n) is 3.48. The maximum absolute atomic E-state index is 12.2. The van der Waals surface area contributed by atoms with Crippen LogP contribution in [-0.4, -0.2) is 44.3 Å². The number of anilines is 1. The monoisotopic (exact) mass is 305 g/mol. The number of benzene rings is 1. The van der Waals surface area contributed by atoms with E-state index in [0.29, 0.717) is 31.0 Å². The molecule has 0 spiro atoms. The molecule has 1 aliphatic heterocycles. The zero-order chi connectivity index (χ0) is 15.5. The number of hydrogen-bond donors (Lipinski definition) is 2. The van der Waals surface area contributed by atoms with Crippen LogP contribution in [-0.2, 0) is 4.74 Å². The molecule has 1 saturated heterocycles. The lowest BCUT2D eigenvalue weighted by molar-refractivity contribution is -0.153. The van der Waals surface area contributed by atoms with Gasteiger partial charge in [-0.25, -0.2) is 0 Å². The molecule has 1 heterocycles. The van der Waals surface area contributed by atoms with E-state index in [1.165, 1.54) is 6.07 Å². The van der Waals surface area contributed by atoms with Crippen molar-refractivity contribution in [1.82, 2.24) is 0 Å². The summed E-state index contributed by atoms with van der Waals surface area (Å²) in [6, 6.07) is 4.89. The van der Waals surface area contributed by atoms with E-state index in [1.807, 2.05) is 0 Å². The van der Waals surface area contributed by atoms with Gasteiger partial charge in [0, 0.05) is 17.8 Å². The molecule has 0 bridgehead atoms. The molecule has 0 radical (unpaired) electrons. The minimum atomic E-state index is -4.36. The zero-order valence-corrected chi connectivity index (χ0v) is 11.7. The van der Waals surface area contributed by atoms with Crippen LogP contribution in [0.3, 0.4) is 0 Å². The Hall–Kier alpha value is -1.47. The molecule has 1 aliphatic rings. The molecular weight excluding hydrogens is 287 g/mol. The summed E-state index contributed by atoms with van der Waals surface area (Å²) in [6.07, 6.45) is -4.36. The van der Waals surface area contributed by atoms with E-state index in [0.717, 1.165) is 0 Å². The third kappa shape index (κ3) is 4.01. The summed E-state index contributed by atoms with van der Waals surface area (Å²) in [7, 11) is 0. The number of hydrogen-bond acceptors (Lipinski definition) is 4. The Kier molecular flexibility index (Phi) is 4.63. The highest BCUT2D eigenvalue weighted by Crippen LogP contribution is 2.30. The van der Waals surface area contributed by atoms with Crippen LogP contribution in [0.4, 0.5) is 18.9 Å². The van der Waals surface area contributed by atoms with E-state index in [4.69, 9.17) is 9.47 Å². The van der Waals surface area contributed by atoms with Gasteiger partial charge in [-0.3, -0.25) is 0 Å². The second-order valence-electron chi connectivity index (χ2n) is 5.34. The molecule has 118 valence electrons. The molecule has 1 fully saturated rings. The van der Waals surface area contributed by atoms with Crippen molar-refractivity contribution in [3.05, 3.63) is 23.8 Å². The van der Waals surface area contributed by atoms with E-state index in [9.17, 15) is 18.3 Å². The molecule has 2 N–H and O–H groups in total. The van der Waals surface area contributed by atoms with E-state index < -0.39 is 12.8 Å². The fourth-order valence-corrected chi connectivity index (χ4v) is 2.04. The van der Waals surface area contributed by atoms with Gasteiger partial charge >= 0.3 is 6.18 Å². The predicted molar refractivity (Wildman–Crippen MR) is 71.6 cm³/mol. The smallest absolute Gasteiger partial charge is 0.422 e. The van der Waals surface area contributed by atoms with Crippen LogP contribution in [0.5, 0.6) is 5.75 Å². The molecule has 0 saturated carbocycles. The van der Waals surface area contributed by atoms with Crippen LogP contribution >= 0.6 is 0 Å². The normalized spacial score (nSPS) is 17.2.